The predicted molar refractivity (Wildman–Crippen MR) is 118 cm³/mol. The number of amides is 4. The van der Waals surface area contributed by atoms with E-state index < -0.39 is 36.2 Å². The van der Waals surface area contributed by atoms with Crippen LogP contribution in [0.25, 0.3) is 0 Å². The van der Waals surface area contributed by atoms with Crippen molar-refractivity contribution in [3.05, 3.63) is 23.8 Å². The maximum atomic E-state index is 15.1. The molecule has 11 nitrogen and oxygen atoms in total. The van der Waals surface area contributed by atoms with Crippen LogP contribution in [0.1, 0.15) is 0 Å². The number of hydrogen-bond donors (Lipinski definition) is 2. The molecule has 3 fully saturated rings. The number of morpholine rings is 1. The molecule has 2 N–H and O–H groups in total. The van der Waals surface area contributed by atoms with Crippen molar-refractivity contribution in [2.45, 2.75) is 12.5 Å². The lowest BCUT2D eigenvalue weighted by Crippen LogP contribution is -2.53. The van der Waals surface area contributed by atoms with Gasteiger partial charge in [-0.1, -0.05) is 0 Å². The van der Waals surface area contributed by atoms with Gasteiger partial charge in [-0.05, 0) is 0 Å². The lowest BCUT2D eigenvalue weighted by Gasteiger charge is -2.32. The van der Waals surface area contributed by atoms with Crippen molar-refractivity contribution in [3.63, 3.8) is 0 Å². The summed E-state index contributed by atoms with van der Waals surface area (Å²) in [5.41, 5.74) is 2.57. The second-order valence-electron chi connectivity index (χ2n) is 8.35. The van der Waals surface area contributed by atoms with Gasteiger partial charge >= 0.3 is 18.5 Å². The van der Waals surface area contributed by atoms with E-state index in [9.17, 15) is 23.2 Å². The fourth-order valence-electron chi connectivity index (χ4n) is 4.18. The second-order valence-corrected chi connectivity index (χ2v) is 8.35. The smallest absolute Gasteiger partial charge is 0.414 e. The topological polar surface area (TPSA) is 107 Å². The van der Waals surface area contributed by atoms with Crippen molar-refractivity contribution in [3.8, 4) is 0 Å². The van der Waals surface area contributed by atoms with E-state index in [2.05, 4.69) is 5.43 Å². The monoisotopic (exact) mass is 518 g/mol. The summed E-state index contributed by atoms with van der Waals surface area (Å²) >= 11 is 0. The van der Waals surface area contributed by atoms with Crippen LogP contribution in [0.5, 0.6) is 0 Å². The fourth-order valence-corrected chi connectivity index (χ4v) is 4.18. The van der Waals surface area contributed by atoms with Gasteiger partial charge in [0.1, 0.15) is 11.8 Å². The van der Waals surface area contributed by atoms with Crippen LogP contribution in [0, 0.1) is 11.6 Å². The summed E-state index contributed by atoms with van der Waals surface area (Å²) in [5, 5.41) is 3.36. The lowest BCUT2D eigenvalue weighted by molar-refractivity contribution is -0.132. The Balaban J connectivity index is 1.40. The predicted octanol–water partition coefficient (Wildman–Crippen LogP) is 0.750. The Morgan fingerprint density at radius 2 is 1.78 bits per heavy atom. The van der Waals surface area contributed by atoms with Crippen LogP contribution < -0.4 is 20.5 Å². The highest BCUT2D eigenvalue weighted by atomic mass is 19.3. The van der Waals surface area contributed by atoms with E-state index in [-0.39, 0.29) is 56.7 Å². The summed E-state index contributed by atoms with van der Waals surface area (Å²) in [6, 6.07) is 1.73. The highest BCUT2D eigenvalue weighted by Crippen LogP contribution is 2.31. The van der Waals surface area contributed by atoms with E-state index in [4.69, 9.17) is 9.47 Å². The van der Waals surface area contributed by atoms with Crippen molar-refractivity contribution >= 4 is 29.4 Å². The van der Waals surface area contributed by atoms with Gasteiger partial charge in [0.25, 0.3) is 5.91 Å². The van der Waals surface area contributed by atoms with Gasteiger partial charge in [0, 0.05) is 44.9 Å². The minimum Gasteiger partial charge on any atom is -0.442 e. The Bertz CT molecular complexity index is 973. The van der Waals surface area contributed by atoms with E-state index in [1.54, 1.807) is 4.90 Å². The van der Waals surface area contributed by atoms with Crippen molar-refractivity contribution in [1.82, 2.24) is 20.7 Å². The third kappa shape index (κ3) is 5.73. The molecule has 0 unspecified atom stereocenters. The maximum absolute atomic E-state index is 15.1. The van der Waals surface area contributed by atoms with E-state index in [1.165, 1.54) is 9.91 Å². The van der Waals surface area contributed by atoms with Crippen LogP contribution in [0.2, 0.25) is 0 Å². The van der Waals surface area contributed by atoms with E-state index in [0.29, 0.717) is 26.3 Å². The first-order valence-corrected chi connectivity index (χ1v) is 11.4. The molecule has 0 bridgehead atoms. The molecule has 1 aromatic carbocycles. The van der Waals surface area contributed by atoms with E-state index >= 15 is 8.78 Å². The molecule has 0 radical (unpaired) electrons. The van der Waals surface area contributed by atoms with E-state index in [1.807, 2.05) is 5.32 Å². The molecule has 4 amide bonds. The summed E-state index contributed by atoms with van der Waals surface area (Å²) in [4.78, 5) is 40.0. The number of alkyl halides is 2. The van der Waals surface area contributed by atoms with Crippen LogP contribution in [0.4, 0.5) is 38.5 Å². The largest absolute Gasteiger partial charge is 0.442 e. The molecule has 0 aromatic heterocycles. The average Bonchev–Trinajstić information content (AvgIpc) is 3.06. The lowest BCUT2D eigenvalue weighted by atomic mass is 10.2. The summed E-state index contributed by atoms with van der Waals surface area (Å²) in [5.74, 6) is -3.34. The molecule has 36 heavy (non-hydrogen) atoms. The van der Waals surface area contributed by atoms with Crippen LogP contribution in [0.15, 0.2) is 12.1 Å². The number of ether oxygens (including phenoxy) is 2. The highest BCUT2D eigenvalue weighted by molar-refractivity contribution is 5.90. The SMILES string of the molecule is O=C(NC[C@H]1CN(c2cc(F)c(N3CCNN(C(=O)N4CCOCC4)CC3)c(F)c2)C(=O)O1)C(F)F. The Morgan fingerprint density at radius 3 is 2.44 bits per heavy atom. The number of hydrazine groups is 1. The van der Waals surface area contributed by atoms with Gasteiger partial charge < -0.3 is 24.6 Å². The number of rotatable bonds is 5. The quantitative estimate of drug-likeness (QED) is 0.555. The van der Waals surface area contributed by atoms with Gasteiger partial charge in [0.2, 0.25) is 0 Å². The first kappa shape index (κ1) is 25.8. The number of nitrogens with one attached hydrogen (secondary N) is 2. The summed E-state index contributed by atoms with van der Waals surface area (Å²) in [7, 11) is 0. The molecule has 1 atom stereocenters. The minimum atomic E-state index is -3.22. The number of hydrogen-bond acceptors (Lipinski definition) is 7. The molecular formula is C21H26F4N6O5. The first-order valence-electron chi connectivity index (χ1n) is 11.4. The highest BCUT2D eigenvalue weighted by Gasteiger charge is 2.35. The molecule has 1 aromatic rings. The Hall–Kier alpha value is -3.33. The normalized spacial score (nSPS) is 21.0. The molecule has 4 rings (SSSR count). The number of urea groups is 1. The number of cyclic esters (lactones) is 1. The van der Waals surface area contributed by atoms with Crippen molar-refractivity contribution in [2.24, 2.45) is 0 Å². The third-order valence-electron chi connectivity index (χ3n) is 6.00. The number of carbonyl (C=O) groups is 3. The molecule has 0 aliphatic carbocycles. The molecule has 3 aliphatic heterocycles. The van der Waals surface area contributed by atoms with Crippen molar-refractivity contribution in [2.75, 3.05) is 75.4 Å². The first-order chi connectivity index (χ1) is 17.2. The van der Waals surface area contributed by atoms with Gasteiger partial charge in [0.15, 0.2) is 11.6 Å². The Kier molecular flexibility index (Phi) is 7.98. The Labute approximate surface area is 203 Å². The molecular weight excluding hydrogens is 492 g/mol. The van der Waals surface area contributed by atoms with Crippen LogP contribution in [-0.4, -0.2) is 106 Å². The average molecular weight is 518 g/mol. The second kappa shape index (κ2) is 11.2. The third-order valence-corrected chi connectivity index (χ3v) is 6.00. The molecule has 3 aliphatic rings. The minimum absolute atomic E-state index is 0.112. The molecule has 198 valence electrons. The van der Waals surface area contributed by atoms with Gasteiger partial charge in [0.05, 0.1) is 38.5 Å². The molecule has 0 saturated carbocycles. The number of nitrogens with zero attached hydrogens (tertiary/aromatic N) is 4. The summed E-state index contributed by atoms with van der Waals surface area (Å²) < 4.78 is 65.0. The number of benzene rings is 1. The zero-order valence-corrected chi connectivity index (χ0v) is 19.2. The number of halogens is 4. The molecule has 3 saturated heterocycles. The molecule has 3 heterocycles. The number of anilines is 2. The van der Waals surface area contributed by atoms with Crippen molar-refractivity contribution < 1.29 is 41.4 Å². The number of carbonyl (C=O) groups excluding carboxylic acids is 3. The van der Waals surface area contributed by atoms with E-state index in [0.717, 1.165) is 17.0 Å². The maximum Gasteiger partial charge on any atom is 0.414 e. The van der Waals surface area contributed by atoms with Gasteiger partial charge in [-0.25, -0.2) is 23.8 Å². The van der Waals surface area contributed by atoms with Gasteiger partial charge in [-0.2, -0.15) is 8.78 Å². The standard InChI is InChI=1S/C21H26F4N6O5/c22-15-9-13(30-12-14(36-21(30)34)11-26-19(32)18(24)25)10-16(23)17(15)28-2-1-27-31(4-3-28)20(33)29-5-7-35-8-6-29/h9-10,14,18,27H,1-8,11-12H2,(H,26,32)/t14-/m0/s1. The summed E-state index contributed by atoms with van der Waals surface area (Å²) in [6.07, 6.45) is -5.10. The van der Waals surface area contributed by atoms with Gasteiger partial charge in [-0.3, -0.25) is 14.7 Å². The molecule has 0 spiro atoms. The fraction of sp³-hybridized carbons (Fsp3) is 0.571. The van der Waals surface area contributed by atoms with Crippen LogP contribution >= 0.6 is 0 Å². The van der Waals surface area contributed by atoms with Gasteiger partial charge in [-0.15, -0.1) is 0 Å². The summed E-state index contributed by atoms with van der Waals surface area (Å²) in [6.45, 7) is 2.10. The zero-order valence-electron chi connectivity index (χ0n) is 19.2. The van der Waals surface area contributed by atoms with Crippen molar-refractivity contribution in [1.29, 1.82) is 0 Å². The molecule has 15 heteroatoms. The van der Waals surface area contributed by atoms with Crippen LogP contribution in [0.3, 0.4) is 0 Å². The van der Waals surface area contributed by atoms with Crippen LogP contribution in [-0.2, 0) is 14.3 Å². The Morgan fingerprint density at radius 1 is 1.08 bits per heavy atom. The zero-order chi connectivity index (χ0) is 25.8.